The highest BCUT2D eigenvalue weighted by molar-refractivity contribution is 9.11. The Bertz CT molecular complexity index is 942. The summed E-state index contributed by atoms with van der Waals surface area (Å²) in [5.74, 6) is 0.766. The highest BCUT2D eigenvalue weighted by Gasteiger charge is 2.20. The van der Waals surface area contributed by atoms with Gasteiger partial charge in [0.25, 0.3) is 5.91 Å². The summed E-state index contributed by atoms with van der Waals surface area (Å²) in [5, 5.41) is 3.04. The second-order valence-corrected chi connectivity index (χ2v) is 9.07. The molecule has 5 nitrogen and oxygen atoms in total. The first-order valence-electron chi connectivity index (χ1n) is 8.95. The lowest BCUT2D eigenvalue weighted by atomic mass is 10.2. The molecule has 0 bridgehead atoms. The summed E-state index contributed by atoms with van der Waals surface area (Å²) in [6, 6.07) is 12.0. The Morgan fingerprint density at radius 3 is 2.89 bits per heavy atom. The van der Waals surface area contributed by atoms with E-state index in [0.717, 1.165) is 44.8 Å². The number of carbonyl (C=O) groups is 1. The number of nitrogens with zero attached hydrogens (tertiary/aromatic N) is 1. The average Bonchev–Trinajstić information content (AvgIpc) is 3.38. The van der Waals surface area contributed by atoms with Crippen LogP contribution in [0.25, 0.3) is 10.2 Å². The van der Waals surface area contributed by atoms with E-state index < -0.39 is 0 Å². The number of nitrogens with one attached hydrogen (secondary N) is 1. The number of methoxy groups -OCH3 is 1. The smallest absolute Gasteiger partial charge is 0.268 e. The zero-order valence-corrected chi connectivity index (χ0v) is 17.4. The van der Waals surface area contributed by atoms with Gasteiger partial charge in [-0.15, -0.1) is 11.3 Å². The number of carbonyl (C=O) groups excluding carboxylic acids is 1. The Labute approximate surface area is 170 Å². The van der Waals surface area contributed by atoms with Crippen molar-refractivity contribution in [2.24, 2.45) is 0 Å². The van der Waals surface area contributed by atoms with E-state index in [0.29, 0.717) is 18.8 Å². The van der Waals surface area contributed by atoms with Crippen molar-refractivity contribution in [3.63, 3.8) is 0 Å². The van der Waals surface area contributed by atoms with Crippen molar-refractivity contribution in [1.82, 2.24) is 9.88 Å². The van der Waals surface area contributed by atoms with Gasteiger partial charge in [-0.05, 0) is 58.6 Å². The number of halogens is 1. The van der Waals surface area contributed by atoms with Gasteiger partial charge in [-0.1, -0.05) is 12.1 Å². The fraction of sp³-hybridized carbons (Fsp3) is 0.350. The van der Waals surface area contributed by atoms with E-state index in [4.69, 9.17) is 9.47 Å². The molecule has 1 unspecified atom stereocenters. The second kappa shape index (κ2) is 8.04. The Kier molecular flexibility index (Phi) is 5.52. The van der Waals surface area contributed by atoms with Gasteiger partial charge < -0.3 is 19.4 Å². The lowest BCUT2D eigenvalue weighted by Gasteiger charge is -2.13. The monoisotopic (exact) mass is 448 g/mol. The van der Waals surface area contributed by atoms with Crippen LogP contribution in [0.5, 0.6) is 5.75 Å². The van der Waals surface area contributed by atoms with E-state index in [9.17, 15) is 4.79 Å². The molecule has 1 fully saturated rings. The lowest BCUT2D eigenvalue weighted by Crippen LogP contribution is -2.33. The maximum atomic E-state index is 12.9. The molecule has 0 saturated carbocycles. The lowest BCUT2D eigenvalue weighted by molar-refractivity contribution is 0.0851. The summed E-state index contributed by atoms with van der Waals surface area (Å²) in [6.45, 7) is 1.97. The maximum Gasteiger partial charge on any atom is 0.268 e. The summed E-state index contributed by atoms with van der Waals surface area (Å²) in [6.07, 6.45) is 2.21. The van der Waals surface area contributed by atoms with Gasteiger partial charge in [-0.25, -0.2) is 0 Å². The highest BCUT2D eigenvalue weighted by Crippen LogP contribution is 2.33. The Hall–Kier alpha value is -1.83. The van der Waals surface area contributed by atoms with Crippen LogP contribution in [0.15, 0.2) is 40.2 Å². The van der Waals surface area contributed by atoms with Crippen LogP contribution in [0, 0.1) is 0 Å². The summed E-state index contributed by atoms with van der Waals surface area (Å²) in [4.78, 5) is 12.9. The van der Waals surface area contributed by atoms with Crippen molar-refractivity contribution < 1.29 is 14.3 Å². The first-order valence-corrected chi connectivity index (χ1v) is 10.6. The van der Waals surface area contributed by atoms with Crippen LogP contribution in [0.2, 0.25) is 0 Å². The predicted molar refractivity (Wildman–Crippen MR) is 111 cm³/mol. The minimum atomic E-state index is -0.0569. The van der Waals surface area contributed by atoms with E-state index in [1.54, 1.807) is 18.4 Å². The number of aromatic nitrogens is 1. The molecule has 4 rings (SSSR count). The largest absolute Gasteiger partial charge is 0.497 e. The van der Waals surface area contributed by atoms with E-state index in [2.05, 4.69) is 31.9 Å². The fourth-order valence-corrected chi connectivity index (χ4v) is 4.95. The average molecular weight is 449 g/mol. The van der Waals surface area contributed by atoms with Crippen molar-refractivity contribution in [3.05, 3.63) is 51.4 Å². The molecule has 0 spiro atoms. The Morgan fingerprint density at radius 1 is 1.37 bits per heavy atom. The van der Waals surface area contributed by atoms with Crippen molar-refractivity contribution >= 4 is 43.4 Å². The first kappa shape index (κ1) is 18.5. The van der Waals surface area contributed by atoms with Crippen molar-refractivity contribution in [1.29, 1.82) is 0 Å². The standard InChI is InChI=1S/C20H21BrN2O3S/c1-25-14-6-4-13(5-7-14)12-23-16-10-19(21)27-18(16)9-17(23)20(24)22-11-15-3-2-8-26-15/h4-7,9-10,15H,2-3,8,11-12H2,1H3,(H,22,24). The van der Waals surface area contributed by atoms with Crippen LogP contribution in [0.4, 0.5) is 0 Å². The fourth-order valence-electron chi connectivity index (χ4n) is 3.39. The van der Waals surface area contributed by atoms with E-state index in [-0.39, 0.29) is 12.0 Å². The molecular formula is C20H21BrN2O3S. The van der Waals surface area contributed by atoms with Gasteiger partial charge in [0.1, 0.15) is 11.4 Å². The molecule has 2 aromatic heterocycles. The van der Waals surface area contributed by atoms with Gasteiger partial charge in [-0.3, -0.25) is 4.79 Å². The molecule has 1 N–H and O–H groups in total. The zero-order chi connectivity index (χ0) is 18.8. The summed E-state index contributed by atoms with van der Waals surface area (Å²) >= 11 is 5.19. The van der Waals surface area contributed by atoms with Crippen LogP contribution in [0.3, 0.4) is 0 Å². The van der Waals surface area contributed by atoms with Crippen LogP contribution in [0.1, 0.15) is 28.9 Å². The second-order valence-electron chi connectivity index (χ2n) is 6.61. The number of hydrogen-bond acceptors (Lipinski definition) is 4. The summed E-state index contributed by atoms with van der Waals surface area (Å²) < 4.78 is 15.1. The van der Waals surface area contributed by atoms with E-state index >= 15 is 0 Å². The molecule has 0 radical (unpaired) electrons. The minimum absolute atomic E-state index is 0.0569. The zero-order valence-electron chi connectivity index (χ0n) is 15.0. The number of benzene rings is 1. The van der Waals surface area contributed by atoms with Gasteiger partial charge in [0.05, 0.1) is 27.2 Å². The number of hydrogen-bond donors (Lipinski definition) is 1. The Morgan fingerprint density at radius 2 is 2.19 bits per heavy atom. The third-order valence-electron chi connectivity index (χ3n) is 4.81. The van der Waals surface area contributed by atoms with E-state index in [1.165, 1.54) is 0 Å². The first-order chi connectivity index (χ1) is 13.1. The topological polar surface area (TPSA) is 52.5 Å². The number of ether oxygens (including phenoxy) is 2. The van der Waals surface area contributed by atoms with Crippen molar-refractivity contribution in [3.8, 4) is 5.75 Å². The third-order valence-corrected chi connectivity index (χ3v) is 6.38. The Balaban J connectivity index is 1.60. The molecule has 1 atom stereocenters. The molecule has 1 amide bonds. The SMILES string of the molecule is COc1ccc(Cn2c(C(=O)NCC3CCCO3)cc3sc(Br)cc32)cc1. The number of thiophene rings is 1. The summed E-state index contributed by atoms with van der Waals surface area (Å²) in [5.41, 5.74) is 2.85. The highest BCUT2D eigenvalue weighted by atomic mass is 79.9. The van der Waals surface area contributed by atoms with Gasteiger partial charge in [0, 0.05) is 19.7 Å². The van der Waals surface area contributed by atoms with Gasteiger partial charge in [0.15, 0.2) is 0 Å². The molecule has 142 valence electrons. The van der Waals surface area contributed by atoms with Crippen molar-refractivity contribution in [2.45, 2.75) is 25.5 Å². The quantitative estimate of drug-likeness (QED) is 0.606. The predicted octanol–water partition coefficient (Wildman–Crippen LogP) is 4.43. The molecule has 1 aromatic carbocycles. The molecule has 1 aliphatic heterocycles. The van der Waals surface area contributed by atoms with Crippen molar-refractivity contribution in [2.75, 3.05) is 20.3 Å². The normalized spacial score (nSPS) is 16.7. The van der Waals surface area contributed by atoms with E-state index in [1.807, 2.05) is 30.3 Å². The molecule has 3 aromatic rings. The molecule has 3 heterocycles. The third kappa shape index (κ3) is 4.05. The minimum Gasteiger partial charge on any atom is -0.497 e. The molecule has 1 saturated heterocycles. The van der Waals surface area contributed by atoms with Crippen LogP contribution < -0.4 is 10.1 Å². The molecule has 0 aliphatic carbocycles. The molecule has 7 heteroatoms. The molecular weight excluding hydrogens is 428 g/mol. The maximum absolute atomic E-state index is 12.9. The van der Waals surface area contributed by atoms with Crippen LogP contribution >= 0.6 is 27.3 Å². The molecule has 27 heavy (non-hydrogen) atoms. The van der Waals surface area contributed by atoms with Crippen LogP contribution in [-0.2, 0) is 11.3 Å². The number of amides is 1. The molecule has 1 aliphatic rings. The van der Waals surface area contributed by atoms with Gasteiger partial charge >= 0.3 is 0 Å². The number of fused-ring (bicyclic) bond motifs is 1. The van der Waals surface area contributed by atoms with Gasteiger partial charge in [0.2, 0.25) is 0 Å². The summed E-state index contributed by atoms with van der Waals surface area (Å²) in [7, 11) is 1.66. The van der Waals surface area contributed by atoms with Gasteiger partial charge in [-0.2, -0.15) is 0 Å². The number of rotatable bonds is 6. The van der Waals surface area contributed by atoms with Crippen LogP contribution in [-0.4, -0.2) is 36.8 Å².